The molecule has 2 aromatic heterocycles. The van der Waals surface area contributed by atoms with Crippen LogP contribution in [-0.4, -0.2) is 21.8 Å². The molecule has 1 fully saturated rings. The van der Waals surface area contributed by atoms with E-state index < -0.39 is 0 Å². The summed E-state index contributed by atoms with van der Waals surface area (Å²) < 4.78 is 7.51. The van der Waals surface area contributed by atoms with Gasteiger partial charge in [-0.3, -0.25) is 4.98 Å². The van der Waals surface area contributed by atoms with E-state index in [1.165, 1.54) is 0 Å². The first-order valence-corrected chi connectivity index (χ1v) is 10.3. The van der Waals surface area contributed by atoms with E-state index in [1.807, 2.05) is 42.6 Å². The van der Waals surface area contributed by atoms with Gasteiger partial charge in [-0.25, -0.2) is 0 Å². The monoisotopic (exact) mass is 426 g/mol. The van der Waals surface area contributed by atoms with Crippen LogP contribution in [0.15, 0.2) is 61.1 Å². The van der Waals surface area contributed by atoms with E-state index in [4.69, 9.17) is 28.6 Å². The van der Waals surface area contributed by atoms with Crippen LogP contribution in [0.5, 0.6) is 5.75 Å². The van der Waals surface area contributed by atoms with Crippen LogP contribution in [0.1, 0.15) is 43.2 Å². The molecule has 5 nitrogen and oxygen atoms in total. The minimum absolute atomic E-state index is 0.0538. The highest BCUT2D eigenvalue weighted by atomic mass is 35.5. The first kappa shape index (κ1) is 19.7. The maximum atomic E-state index is 6.42. The maximum absolute atomic E-state index is 6.42. The highest BCUT2D eigenvalue weighted by molar-refractivity contribution is 7.80. The Labute approximate surface area is 181 Å². The largest absolute Gasteiger partial charge is 0.495 e. The molecule has 0 radical (unpaired) electrons. The minimum Gasteiger partial charge on any atom is -0.495 e. The Kier molecular flexibility index (Phi) is 5.48. The van der Waals surface area contributed by atoms with Gasteiger partial charge in [-0.05, 0) is 68.0 Å². The number of rotatable bonds is 5. The van der Waals surface area contributed by atoms with Crippen molar-refractivity contribution in [3.63, 3.8) is 0 Å². The molecule has 29 heavy (non-hydrogen) atoms. The molecule has 7 heteroatoms. The average molecular weight is 427 g/mol. The number of anilines is 1. The van der Waals surface area contributed by atoms with Crippen molar-refractivity contribution in [2.24, 2.45) is 0 Å². The van der Waals surface area contributed by atoms with Crippen molar-refractivity contribution in [3.05, 3.63) is 77.3 Å². The fourth-order valence-electron chi connectivity index (χ4n) is 3.70. The molecule has 4 rings (SSSR count). The van der Waals surface area contributed by atoms with Crippen molar-refractivity contribution >= 4 is 34.6 Å². The van der Waals surface area contributed by atoms with Gasteiger partial charge in [-0.2, -0.15) is 0 Å². The Bertz CT molecular complexity index is 1020. The van der Waals surface area contributed by atoms with Crippen molar-refractivity contribution in [1.82, 2.24) is 14.9 Å². The standard InChI is InChI=1S/C22H23ClN4OS/c1-14(2)26-11-9-15(13-26)21-20(18-6-4-5-10-24-18)25-22(29)27(21)16-7-8-19(28-3)17(23)12-16/h4-14,20-21H,1-3H3,(H,25,29). The van der Waals surface area contributed by atoms with Crippen molar-refractivity contribution < 1.29 is 4.74 Å². The summed E-state index contributed by atoms with van der Waals surface area (Å²) in [5.74, 6) is 0.636. The molecule has 1 aliphatic heterocycles. The summed E-state index contributed by atoms with van der Waals surface area (Å²) in [7, 11) is 1.61. The smallest absolute Gasteiger partial charge is 0.174 e. The summed E-state index contributed by atoms with van der Waals surface area (Å²) in [5.41, 5.74) is 3.02. The van der Waals surface area contributed by atoms with E-state index in [9.17, 15) is 0 Å². The fourth-order valence-corrected chi connectivity index (χ4v) is 4.30. The van der Waals surface area contributed by atoms with Crippen molar-refractivity contribution in [1.29, 1.82) is 0 Å². The number of nitrogens with one attached hydrogen (secondary N) is 1. The number of thiocarbonyl (C=S) groups is 1. The number of pyridine rings is 1. The summed E-state index contributed by atoms with van der Waals surface area (Å²) in [5, 5.41) is 4.66. The lowest BCUT2D eigenvalue weighted by Crippen LogP contribution is -2.29. The lowest BCUT2D eigenvalue weighted by molar-refractivity contribution is 0.415. The molecule has 2 unspecified atom stereocenters. The molecule has 3 aromatic rings. The van der Waals surface area contributed by atoms with E-state index in [-0.39, 0.29) is 12.1 Å². The normalized spacial score (nSPS) is 18.9. The molecule has 3 heterocycles. The zero-order chi connectivity index (χ0) is 20.5. The highest BCUT2D eigenvalue weighted by Gasteiger charge is 2.41. The molecular weight excluding hydrogens is 404 g/mol. The molecule has 0 aliphatic carbocycles. The highest BCUT2D eigenvalue weighted by Crippen LogP contribution is 2.43. The lowest BCUT2D eigenvalue weighted by atomic mass is 9.98. The molecule has 1 aromatic carbocycles. The average Bonchev–Trinajstić information content (AvgIpc) is 3.33. The Balaban J connectivity index is 1.81. The van der Waals surface area contributed by atoms with Crippen LogP contribution in [0.2, 0.25) is 5.02 Å². The molecule has 0 spiro atoms. The maximum Gasteiger partial charge on any atom is 0.174 e. The molecule has 1 N–H and O–H groups in total. The Morgan fingerprint density at radius 2 is 2.03 bits per heavy atom. The minimum atomic E-state index is -0.0763. The summed E-state index contributed by atoms with van der Waals surface area (Å²) in [6.07, 6.45) is 6.10. The van der Waals surface area contributed by atoms with Gasteiger partial charge in [0.25, 0.3) is 0 Å². The van der Waals surface area contributed by atoms with Crippen LogP contribution in [0.3, 0.4) is 0 Å². The van der Waals surface area contributed by atoms with Gasteiger partial charge in [0.05, 0.1) is 29.9 Å². The number of hydrogen-bond donors (Lipinski definition) is 1. The van der Waals surface area contributed by atoms with Crippen LogP contribution >= 0.6 is 23.8 Å². The summed E-state index contributed by atoms with van der Waals surface area (Å²) in [6, 6.07) is 14.1. The van der Waals surface area contributed by atoms with Crippen molar-refractivity contribution in [2.45, 2.75) is 32.0 Å². The van der Waals surface area contributed by atoms with Gasteiger partial charge in [0.1, 0.15) is 5.75 Å². The summed E-state index contributed by atoms with van der Waals surface area (Å²) in [6.45, 7) is 4.33. The predicted molar refractivity (Wildman–Crippen MR) is 121 cm³/mol. The zero-order valence-corrected chi connectivity index (χ0v) is 18.1. The van der Waals surface area contributed by atoms with Gasteiger partial charge < -0.3 is 19.5 Å². The van der Waals surface area contributed by atoms with Crippen molar-refractivity contribution in [3.8, 4) is 5.75 Å². The van der Waals surface area contributed by atoms with E-state index in [2.05, 4.69) is 52.1 Å². The first-order chi connectivity index (χ1) is 14.0. The SMILES string of the molecule is COc1ccc(N2C(=S)NC(c3ccccn3)C2c2ccn(C(C)C)c2)cc1Cl. The summed E-state index contributed by atoms with van der Waals surface area (Å²) >= 11 is 12.2. The number of benzene rings is 1. The Morgan fingerprint density at radius 3 is 2.66 bits per heavy atom. The zero-order valence-electron chi connectivity index (χ0n) is 16.5. The molecule has 0 amide bonds. The number of nitrogens with zero attached hydrogens (tertiary/aromatic N) is 3. The molecule has 150 valence electrons. The second-order valence-corrected chi connectivity index (χ2v) is 8.10. The first-order valence-electron chi connectivity index (χ1n) is 9.51. The third-order valence-corrected chi connectivity index (χ3v) is 5.80. The van der Waals surface area contributed by atoms with E-state index in [0.717, 1.165) is 16.9 Å². The van der Waals surface area contributed by atoms with Crippen LogP contribution < -0.4 is 15.0 Å². The van der Waals surface area contributed by atoms with E-state index in [0.29, 0.717) is 21.9 Å². The second kappa shape index (κ2) is 8.05. The quantitative estimate of drug-likeness (QED) is 0.560. The lowest BCUT2D eigenvalue weighted by Gasteiger charge is -2.27. The number of halogens is 1. The Hall–Kier alpha value is -2.57. The van der Waals surface area contributed by atoms with Gasteiger partial charge in [-0.15, -0.1) is 0 Å². The van der Waals surface area contributed by atoms with Crippen LogP contribution in [0.4, 0.5) is 5.69 Å². The van der Waals surface area contributed by atoms with Crippen LogP contribution in [-0.2, 0) is 0 Å². The fraction of sp³-hybridized carbons (Fsp3) is 0.273. The van der Waals surface area contributed by atoms with E-state index >= 15 is 0 Å². The van der Waals surface area contributed by atoms with Crippen molar-refractivity contribution in [2.75, 3.05) is 12.0 Å². The number of hydrogen-bond acceptors (Lipinski definition) is 3. The van der Waals surface area contributed by atoms with Gasteiger partial charge in [0.15, 0.2) is 5.11 Å². The van der Waals surface area contributed by atoms with E-state index in [1.54, 1.807) is 7.11 Å². The topological polar surface area (TPSA) is 42.3 Å². The third-order valence-electron chi connectivity index (χ3n) is 5.19. The third kappa shape index (κ3) is 3.70. The molecule has 1 aliphatic rings. The number of ether oxygens (including phenoxy) is 1. The predicted octanol–water partition coefficient (Wildman–Crippen LogP) is 5.30. The number of methoxy groups -OCH3 is 1. The van der Waals surface area contributed by atoms with Gasteiger partial charge in [-0.1, -0.05) is 17.7 Å². The Morgan fingerprint density at radius 1 is 1.21 bits per heavy atom. The van der Waals surface area contributed by atoms with Crippen LogP contribution in [0.25, 0.3) is 0 Å². The molecule has 2 atom stereocenters. The molecule has 0 saturated carbocycles. The second-order valence-electron chi connectivity index (χ2n) is 7.30. The van der Waals surface area contributed by atoms with Crippen LogP contribution in [0, 0.1) is 0 Å². The molecule has 0 bridgehead atoms. The van der Waals surface area contributed by atoms with Gasteiger partial charge in [0, 0.05) is 30.3 Å². The number of aromatic nitrogens is 2. The molecular formula is C22H23ClN4OS. The van der Waals surface area contributed by atoms with Gasteiger partial charge in [0.2, 0.25) is 0 Å². The molecule has 1 saturated heterocycles. The summed E-state index contributed by atoms with van der Waals surface area (Å²) in [4.78, 5) is 6.70. The van der Waals surface area contributed by atoms with Gasteiger partial charge >= 0.3 is 0 Å².